The number of hydrogen-bond donors (Lipinski definition) is 1. The quantitative estimate of drug-likeness (QED) is 0.884. The van der Waals surface area contributed by atoms with Gasteiger partial charge in [0.15, 0.2) is 0 Å². The van der Waals surface area contributed by atoms with Gasteiger partial charge in [0.25, 0.3) is 5.91 Å². The summed E-state index contributed by atoms with van der Waals surface area (Å²) in [7, 11) is 1.72. The van der Waals surface area contributed by atoms with Gasteiger partial charge >= 0.3 is 0 Å². The van der Waals surface area contributed by atoms with Crippen molar-refractivity contribution in [3.05, 3.63) is 24.5 Å². The summed E-state index contributed by atoms with van der Waals surface area (Å²) in [4.78, 5) is 18.7. The third kappa shape index (κ3) is 3.63. The van der Waals surface area contributed by atoms with Crippen molar-refractivity contribution in [2.24, 2.45) is 5.92 Å². The molecule has 0 bridgehead atoms. The minimum atomic E-state index is -0.349. The topological polar surface area (TPSA) is 63.7 Å². The Labute approximate surface area is 130 Å². The highest BCUT2D eigenvalue weighted by atomic mass is 16.5. The minimum absolute atomic E-state index is 0.0640. The van der Waals surface area contributed by atoms with Crippen LogP contribution in [0.2, 0.25) is 0 Å². The molecule has 6 heteroatoms. The van der Waals surface area contributed by atoms with Gasteiger partial charge in [-0.25, -0.2) is 0 Å². The number of carbonyl (C=O) groups excluding carboxylic acids is 1. The fourth-order valence-electron chi connectivity index (χ4n) is 3.25. The standard InChI is InChI=1S/C16H23N3O3/c1-21-8-7-19-6-4-12-9-14(22-15(12)11-19)16(20)18-13-3-2-5-17-10-13/h2-3,5,10,12,14-15H,4,6-9,11H2,1H3,(H,18,20)/t12-,14+,15-/m0/s1. The van der Waals surface area contributed by atoms with Crippen LogP contribution in [0.3, 0.4) is 0 Å². The first-order valence-corrected chi connectivity index (χ1v) is 7.84. The van der Waals surface area contributed by atoms with Gasteiger partial charge in [-0.15, -0.1) is 0 Å². The first kappa shape index (κ1) is 15.4. The number of likely N-dealkylation sites (tertiary alicyclic amines) is 1. The summed E-state index contributed by atoms with van der Waals surface area (Å²) in [5.41, 5.74) is 0.715. The maximum absolute atomic E-state index is 12.3. The fraction of sp³-hybridized carbons (Fsp3) is 0.625. The van der Waals surface area contributed by atoms with Crippen molar-refractivity contribution in [1.29, 1.82) is 0 Å². The number of ether oxygens (including phenoxy) is 2. The Balaban J connectivity index is 1.52. The van der Waals surface area contributed by atoms with Gasteiger partial charge in [-0.05, 0) is 37.4 Å². The van der Waals surface area contributed by atoms with Crippen LogP contribution >= 0.6 is 0 Å². The van der Waals surface area contributed by atoms with Crippen LogP contribution in [0.1, 0.15) is 12.8 Å². The highest BCUT2D eigenvalue weighted by Crippen LogP contribution is 2.33. The Bertz CT molecular complexity index is 497. The molecule has 22 heavy (non-hydrogen) atoms. The van der Waals surface area contributed by atoms with Crippen molar-refractivity contribution in [3.8, 4) is 0 Å². The summed E-state index contributed by atoms with van der Waals surface area (Å²) in [6, 6.07) is 3.64. The Hall–Kier alpha value is -1.50. The number of fused-ring (bicyclic) bond motifs is 1. The molecule has 1 N–H and O–H groups in total. The molecule has 0 saturated carbocycles. The molecule has 2 aliphatic heterocycles. The van der Waals surface area contributed by atoms with Crippen LogP contribution in [0.15, 0.2) is 24.5 Å². The fourth-order valence-corrected chi connectivity index (χ4v) is 3.25. The van der Waals surface area contributed by atoms with Crippen LogP contribution in [-0.4, -0.2) is 61.3 Å². The predicted molar refractivity (Wildman–Crippen MR) is 82.6 cm³/mol. The monoisotopic (exact) mass is 305 g/mol. The summed E-state index contributed by atoms with van der Waals surface area (Å²) >= 11 is 0. The number of methoxy groups -OCH3 is 1. The second-order valence-corrected chi connectivity index (χ2v) is 5.97. The van der Waals surface area contributed by atoms with Gasteiger partial charge in [0.1, 0.15) is 6.10 Å². The van der Waals surface area contributed by atoms with Crippen molar-refractivity contribution in [2.45, 2.75) is 25.0 Å². The normalized spacial score (nSPS) is 28.3. The minimum Gasteiger partial charge on any atom is -0.383 e. The van der Waals surface area contributed by atoms with Gasteiger partial charge in [-0.1, -0.05) is 0 Å². The molecule has 0 radical (unpaired) electrons. The number of carbonyl (C=O) groups is 1. The number of hydrogen-bond acceptors (Lipinski definition) is 5. The molecule has 0 aliphatic carbocycles. The molecule has 0 unspecified atom stereocenters. The lowest BCUT2D eigenvalue weighted by Gasteiger charge is -2.33. The van der Waals surface area contributed by atoms with E-state index in [0.717, 1.165) is 39.1 Å². The van der Waals surface area contributed by atoms with Crippen molar-refractivity contribution in [1.82, 2.24) is 9.88 Å². The van der Waals surface area contributed by atoms with Gasteiger partial charge < -0.3 is 14.8 Å². The Morgan fingerprint density at radius 1 is 1.59 bits per heavy atom. The van der Waals surface area contributed by atoms with Crippen LogP contribution in [0.5, 0.6) is 0 Å². The number of aromatic nitrogens is 1. The highest BCUT2D eigenvalue weighted by Gasteiger charge is 2.41. The maximum atomic E-state index is 12.3. The summed E-state index contributed by atoms with van der Waals surface area (Å²) in [5.74, 6) is 0.425. The number of anilines is 1. The van der Waals surface area contributed by atoms with Crippen molar-refractivity contribution in [2.75, 3.05) is 38.7 Å². The molecule has 1 amide bonds. The predicted octanol–water partition coefficient (Wildman–Crippen LogP) is 1.15. The van der Waals surface area contributed by atoms with Crippen molar-refractivity contribution in [3.63, 3.8) is 0 Å². The zero-order valence-electron chi connectivity index (χ0n) is 12.9. The zero-order valence-corrected chi connectivity index (χ0v) is 12.9. The average Bonchev–Trinajstić information content (AvgIpc) is 2.97. The van der Waals surface area contributed by atoms with Gasteiger partial charge in [0, 0.05) is 26.4 Å². The van der Waals surface area contributed by atoms with E-state index in [2.05, 4.69) is 15.2 Å². The number of amides is 1. The van der Waals surface area contributed by atoms with Crippen molar-refractivity contribution >= 4 is 11.6 Å². The lowest BCUT2D eigenvalue weighted by Crippen LogP contribution is -2.43. The third-order valence-corrected chi connectivity index (χ3v) is 4.47. The first-order valence-electron chi connectivity index (χ1n) is 7.84. The van der Waals surface area contributed by atoms with Crippen LogP contribution in [0, 0.1) is 5.92 Å². The zero-order chi connectivity index (χ0) is 15.4. The van der Waals surface area contributed by atoms with E-state index in [1.807, 2.05) is 6.07 Å². The summed E-state index contributed by atoms with van der Waals surface area (Å²) in [5, 5.41) is 2.88. The lowest BCUT2D eigenvalue weighted by molar-refractivity contribution is -0.127. The number of piperidine rings is 1. The molecule has 1 aromatic rings. The second kappa shape index (κ2) is 7.17. The average molecular weight is 305 g/mol. The molecule has 2 saturated heterocycles. The Morgan fingerprint density at radius 2 is 2.50 bits per heavy atom. The van der Waals surface area contributed by atoms with E-state index in [9.17, 15) is 4.79 Å². The molecule has 0 spiro atoms. The summed E-state index contributed by atoms with van der Waals surface area (Å²) in [6.45, 7) is 3.62. The molecule has 2 aliphatic rings. The van der Waals surface area contributed by atoms with Gasteiger partial charge in [0.2, 0.25) is 0 Å². The number of rotatable bonds is 5. The van der Waals surface area contributed by atoms with E-state index in [0.29, 0.717) is 11.6 Å². The highest BCUT2D eigenvalue weighted by molar-refractivity contribution is 5.94. The summed E-state index contributed by atoms with van der Waals surface area (Å²) in [6.07, 6.45) is 5.05. The Morgan fingerprint density at radius 3 is 3.27 bits per heavy atom. The van der Waals surface area contributed by atoms with E-state index >= 15 is 0 Å². The molecule has 1 aromatic heterocycles. The Kier molecular flexibility index (Phi) is 5.02. The molecule has 2 fully saturated rings. The molecule has 3 rings (SSSR count). The van der Waals surface area contributed by atoms with E-state index < -0.39 is 0 Å². The smallest absolute Gasteiger partial charge is 0.253 e. The molecule has 6 nitrogen and oxygen atoms in total. The van der Waals surface area contributed by atoms with Crippen LogP contribution in [0.25, 0.3) is 0 Å². The summed E-state index contributed by atoms with van der Waals surface area (Å²) < 4.78 is 11.1. The maximum Gasteiger partial charge on any atom is 0.253 e. The molecule has 120 valence electrons. The number of nitrogens with one attached hydrogen (secondary N) is 1. The molecular weight excluding hydrogens is 282 g/mol. The largest absolute Gasteiger partial charge is 0.383 e. The third-order valence-electron chi connectivity index (χ3n) is 4.47. The van der Waals surface area contributed by atoms with E-state index in [1.165, 1.54) is 0 Å². The second-order valence-electron chi connectivity index (χ2n) is 5.97. The van der Waals surface area contributed by atoms with Gasteiger partial charge in [0.05, 0.1) is 24.6 Å². The lowest BCUT2D eigenvalue weighted by atomic mass is 9.91. The molecule has 0 aromatic carbocycles. The van der Waals surface area contributed by atoms with E-state index in [1.54, 1.807) is 25.6 Å². The molecule has 3 heterocycles. The van der Waals surface area contributed by atoms with Crippen molar-refractivity contribution < 1.29 is 14.3 Å². The number of pyridine rings is 1. The van der Waals surface area contributed by atoms with Crippen LogP contribution in [0.4, 0.5) is 5.69 Å². The SMILES string of the molecule is COCCN1CC[C@H]2C[C@H](C(=O)Nc3cccnc3)O[C@H]2C1. The first-order chi connectivity index (χ1) is 10.8. The van der Waals surface area contributed by atoms with Gasteiger partial charge in [-0.2, -0.15) is 0 Å². The van der Waals surface area contributed by atoms with E-state index in [-0.39, 0.29) is 18.1 Å². The number of nitrogens with zero attached hydrogens (tertiary/aromatic N) is 2. The molecular formula is C16H23N3O3. The van der Waals surface area contributed by atoms with Crippen LogP contribution < -0.4 is 5.32 Å². The molecule has 3 atom stereocenters. The van der Waals surface area contributed by atoms with Gasteiger partial charge in [-0.3, -0.25) is 14.7 Å². The van der Waals surface area contributed by atoms with Crippen LogP contribution in [-0.2, 0) is 14.3 Å². The van der Waals surface area contributed by atoms with E-state index in [4.69, 9.17) is 9.47 Å².